The minimum Gasteiger partial charge on any atom is -0.494 e. The van der Waals surface area contributed by atoms with Crippen molar-refractivity contribution in [3.63, 3.8) is 0 Å². The zero-order valence-corrected chi connectivity index (χ0v) is 15.1. The van der Waals surface area contributed by atoms with Crippen LogP contribution in [0.5, 0.6) is 5.75 Å². The molecule has 1 aliphatic rings. The third-order valence-electron chi connectivity index (χ3n) is 5.21. The Balaban J connectivity index is 1.37. The molecule has 1 aromatic carbocycles. The molecular weight excluding hydrogens is 284 g/mol. The lowest BCUT2D eigenvalue weighted by Crippen LogP contribution is -2.41. The summed E-state index contributed by atoms with van der Waals surface area (Å²) < 4.78 is 11.2. The van der Waals surface area contributed by atoms with Gasteiger partial charge in [-0.3, -0.25) is 0 Å². The molecule has 1 saturated heterocycles. The van der Waals surface area contributed by atoms with E-state index in [1.165, 1.54) is 63.4 Å². The summed E-state index contributed by atoms with van der Waals surface area (Å²) in [5.41, 5.74) is 1.83. The molecule has 1 fully saturated rings. The Hall–Kier alpha value is -1.02. The fraction of sp³-hybridized carbons (Fsp3) is 0.714. The summed E-state index contributed by atoms with van der Waals surface area (Å²) in [6.45, 7) is 7.27. The van der Waals surface area contributed by atoms with E-state index in [-0.39, 0.29) is 0 Å². The first kappa shape index (κ1) is 18.3. The van der Waals surface area contributed by atoms with Gasteiger partial charge in [0.15, 0.2) is 0 Å². The molecule has 1 aliphatic heterocycles. The molecule has 130 valence electrons. The van der Waals surface area contributed by atoms with Crippen LogP contribution in [0.2, 0.25) is 0 Å². The van der Waals surface area contributed by atoms with Crippen molar-refractivity contribution in [1.82, 2.24) is 0 Å². The van der Waals surface area contributed by atoms with Gasteiger partial charge in [0.2, 0.25) is 0 Å². The van der Waals surface area contributed by atoms with Crippen LogP contribution in [0.4, 0.5) is 0 Å². The highest BCUT2D eigenvalue weighted by Crippen LogP contribution is 2.36. The Kier molecular flexibility index (Phi) is 7.94. The molecular formula is C21H34O2. The van der Waals surface area contributed by atoms with Gasteiger partial charge in [-0.25, -0.2) is 0 Å². The summed E-state index contributed by atoms with van der Waals surface area (Å²) in [6, 6.07) is 8.33. The van der Waals surface area contributed by atoms with E-state index in [4.69, 9.17) is 9.47 Å². The fourth-order valence-electron chi connectivity index (χ4n) is 3.23. The molecule has 2 rings (SSSR count). The highest BCUT2D eigenvalue weighted by molar-refractivity contribution is 5.26. The zero-order chi connectivity index (χ0) is 16.4. The molecule has 0 radical (unpaired) electrons. The second kappa shape index (κ2) is 9.97. The highest BCUT2D eigenvalue weighted by Gasteiger charge is 2.35. The smallest absolute Gasteiger partial charge is 0.119 e. The lowest BCUT2D eigenvalue weighted by molar-refractivity contribution is -0.120. The minimum absolute atomic E-state index is 0.549. The van der Waals surface area contributed by atoms with E-state index in [2.05, 4.69) is 38.1 Å². The van der Waals surface area contributed by atoms with Crippen molar-refractivity contribution in [2.45, 2.75) is 71.6 Å². The standard InChI is InChI=1S/C21H34O2/c1-3-21(17-22-18-21)15-9-7-5-4-6-8-10-16-23-20-13-11-19(2)12-14-20/h11-14H,3-10,15-18H2,1-2H3. The molecule has 0 bridgehead atoms. The van der Waals surface area contributed by atoms with Crippen molar-refractivity contribution >= 4 is 0 Å². The number of unbranched alkanes of at least 4 members (excludes halogenated alkanes) is 6. The first-order valence-electron chi connectivity index (χ1n) is 9.51. The van der Waals surface area contributed by atoms with Gasteiger partial charge in [0.25, 0.3) is 0 Å². The van der Waals surface area contributed by atoms with Gasteiger partial charge in [-0.2, -0.15) is 0 Å². The Morgan fingerprint density at radius 3 is 2.09 bits per heavy atom. The molecule has 0 N–H and O–H groups in total. The molecule has 2 nitrogen and oxygen atoms in total. The van der Waals surface area contributed by atoms with Crippen LogP contribution < -0.4 is 4.74 Å². The maximum absolute atomic E-state index is 5.76. The number of ether oxygens (including phenoxy) is 2. The van der Waals surface area contributed by atoms with Crippen LogP contribution in [-0.4, -0.2) is 19.8 Å². The Bertz CT molecular complexity index is 414. The Morgan fingerprint density at radius 2 is 1.52 bits per heavy atom. The van der Waals surface area contributed by atoms with E-state index in [9.17, 15) is 0 Å². The molecule has 1 aromatic rings. The topological polar surface area (TPSA) is 18.5 Å². The maximum Gasteiger partial charge on any atom is 0.119 e. The number of hydrogen-bond donors (Lipinski definition) is 0. The van der Waals surface area contributed by atoms with Crippen LogP contribution in [0, 0.1) is 12.3 Å². The third-order valence-corrected chi connectivity index (χ3v) is 5.21. The van der Waals surface area contributed by atoms with Gasteiger partial charge in [0.1, 0.15) is 5.75 Å². The van der Waals surface area contributed by atoms with Crippen molar-refractivity contribution in [2.24, 2.45) is 5.41 Å². The predicted molar refractivity (Wildman–Crippen MR) is 97.2 cm³/mol. The van der Waals surface area contributed by atoms with Gasteiger partial charge in [-0.1, -0.05) is 63.1 Å². The van der Waals surface area contributed by atoms with Crippen molar-refractivity contribution in [2.75, 3.05) is 19.8 Å². The predicted octanol–water partition coefficient (Wildman–Crippen LogP) is 5.92. The van der Waals surface area contributed by atoms with Crippen molar-refractivity contribution in [3.8, 4) is 5.75 Å². The van der Waals surface area contributed by atoms with Crippen LogP contribution in [0.25, 0.3) is 0 Å². The summed E-state index contributed by atoms with van der Waals surface area (Å²) in [7, 11) is 0. The van der Waals surface area contributed by atoms with Gasteiger partial charge in [0.05, 0.1) is 19.8 Å². The molecule has 2 heteroatoms. The average Bonchev–Trinajstić information content (AvgIpc) is 2.53. The normalized spacial score (nSPS) is 16.1. The molecule has 0 unspecified atom stereocenters. The fourth-order valence-corrected chi connectivity index (χ4v) is 3.23. The van der Waals surface area contributed by atoms with Gasteiger partial charge >= 0.3 is 0 Å². The van der Waals surface area contributed by atoms with E-state index < -0.39 is 0 Å². The summed E-state index contributed by atoms with van der Waals surface area (Å²) in [4.78, 5) is 0. The van der Waals surface area contributed by atoms with Crippen LogP contribution in [0.1, 0.15) is 70.3 Å². The second-order valence-electron chi connectivity index (χ2n) is 7.23. The highest BCUT2D eigenvalue weighted by atomic mass is 16.5. The molecule has 0 amide bonds. The molecule has 0 atom stereocenters. The number of aryl methyl sites for hydroxylation is 1. The number of rotatable bonds is 12. The average molecular weight is 319 g/mol. The first-order chi connectivity index (χ1) is 11.2. The quantitative estimate of drug-likeness (QED) is 0.445. The Morgan fingerprint density at radius 1 is 0.913 bits per heavy atom. The first-order valence-corrected chi connectivity index (χ1v) is 9.51. The summed E-state index contributed by atoms with van der Waals surface area (Å²) in [5.74, 6) is 1.00. The summed E-state index contributed by atoms with van der Waals surface area (Å²) in [5, 5.41) is 0. The molecule has 0 saturated carbocycles. The number of hydrogen-bond acceptors (Lipinski definition) is 2. The monoisotopic (exact) mass is 318 g/mol. The van der Waals surface area contributed by atoms with Crippen LogP contribution >= 0.6 is 0 Å². The van der Waals surface area contributed by atoms with Crippen LogP contribution in [-0.2, 0) is 4.74 Å². The Labute approximate surface area is 142 Å². The second-order valence-corrected chi connectivity index (χ2v) is 7.23. The molecule has 23 heavy (non-hydrogen) atoms. The molecule has 0 spiro atoms. The minimum atomic E-state index is 0.549. The van der Waals surface area contributed by atoms with Crippen LogP contribution in [0.15, 0.2) is 24.3 Å². The van der Waals surface area contributed by atoms with Crippen LogP contribution in [0.3, 0.4) is 0 Å². The van der Waals surface area contributed by atoms with Gasteiger partial charge in [-0.15, -0.1) is 0 Å². The van der Waals surface area contributed by atoms with E-state index in [1.807, 2.05) is 0 Å². The van der Waals surface area contributed by atoms with Crippen molar-refractivity contribution in [1.29, 1.82) is 0 Å². The summed E-state index contributed by atoms with van der Waals surface area (Å²) in [6.07, 6.45) is 12.0. The summed E-state index contributed by atoms with van der Waals surface area (Å²) >= 11 is 0. The van der Waals surface area contributed by atoms with E-state index in [0.29, 0.717) is 5.41 Å². The molecule has 0 aliphatic carbocycles. The maximum atomic E-state index is 5.76. The van der Waals surface area contributed by atoms with Crippen molar-refractivity contribution < 1.29 is 9.47 Å². The SMILES string of the molecule is CCC1(CCCCCCCCCOc2ccc(C)cc2)COC1. The zero-order valence-electron chi connectivity index (χ0n) is 15.1. The van der Waals surface area contributed by atoms with E-state index in [1.54, 1.807) is 0 Å². The molecule has 0 aromatic heterocycles. The van der Waals surface area contributed by atoms with Crippen molar-refractivity contribution in [3.05, 3.63) is 29.8 Å². The van der Waals surface area contributed by atoms with E-state index >= 15 is 0 Å². The van der Waals surface area contributed by atoms with Gasteiger partial charge in [0, 0.05) is 5.41 Å². The van der Waals surface area contributed by atoms with Gasteiger partial charge in [-0.05, 0) is 38.3 Å². The largest absolute Gasteiger partial charge is 0.494 e. The molecule has 1 heterocycles. The van der Waals surface area contributed by atoms with Gasteiger partial charge < -0.3 is 9.47 Å². The third kappa shape index (κ3) is 6.55. The lowest BCUT2D eigenvalue weighted by Gasteiger charge is -2.41. The lowest BCUT2D eigenvalue weighted by atomic mass is 9.78. The number of benzene rings is 1. The van der Waals surface area contributed by atoms with E-state index in [0.717, 1.165) is 25.6 Å².